The number of rotatable bonds is 4. The van der Waals surface area contributed by atoms with Gasteiger partial charge in [-0.25, -0.2) is 4.79 Å². The van der Waals surface area contributed by atoms with Crippen LogP contribution in [0.5, 0.6) is 5.75 Å². The topological polar surface area (TPSA) is 70.6 Å². The van der Waals surface area contributed by atoms with E-state index in [1.165, 1.54) is 11.1 Å². The fourth-order valence-corrected chi connectivity index (χ4v) is 3.90. The fourth-order valence-electron chi connectivity index (χ4n) is 3.90. The van der Waals surface area contributed by atoms with Gasteiger partial charge in [-0.1, -0.05) is 6.07 Å². The molecule has 1 unspecified atom stereocenters. The zero-order chi connectivity index (χ0) is 16.9. The van der Waals surface area contributed by atoms with E-state index in [2.05, 4.69) is 22.8 Å². The Kier molecular flexibility index (Phi) is 5.61. The minimum Gasteiger partial charge on any atom is -0.497 e. The van der Waals surface area contributed by atoms with E-state index in [0.717, 1.165) is 50.7 Å². The summed E-state index contributed by atoms with van der Waals surface area (Å²) < 4.78 is 5.31. The van der Waals surface area contributed by atoms with Gasteiger partial charge < -0.3 is 20.5 Å². The number of hydrogen-bond donors (Lipinski definition) is 3. The van der Waals surface area contributed by atoms with Gasteiger partial charge in [0, 0.05) is 18.5 Å². The second kappa shape index (κ2) is 7.88. The molecule has 0 radical (unpaired) electrons. The van der Waals surface area contributed by atoms with E-state index in [1.807, 2.05) is 6.07 Å². The van der Waals surface area contributed by atoms with Crippen LogP contribution < -0.4 is 15.4 Å². The Morgan fingerprint density at radius 2 is 2.04 bits per heavy atom. The summed E-state index contributed by atoms with van der Waals surface area (Å²) in [5.41, 5.74) is 2.68. The van der Waals surface area contributed by atoms with Gasteiger partial charge in [-0.05, 0) is 68.2 Å². The summed E-state index contributed by atoms with van der Waals surface area (Å²) in [6, 6.07) is 6.37. The Morgan fingerprint density at radius 1 is 1.25 bits per heavy atom. The third-order valence-electron chi connectivity index (χ3n) is 5.33. The van der Waals surface area contributed by atoms with Crippen molar-refractivity contribution in [2.75, 3.05) is 13.7 Å². The molecule has 0 spiro atoms. The number of aliphatic hydroxyl groups is 1. The Balaban J connectivity index is 1.51. The minimum atomic E-state index is -0.193. The lowest BCUT2D eigenvalue weighted by atomic mass is 9.82. The van der Waals surface area contributed by atoms with Gasteiger partial charge in [-0.3, -0.25) is 0 Å². The number of urea groups is 1. The molecular weight excluding hydrogens is 304 g/mol. The number of amides is 2. The molecule has 1 saturated carbocycles. The quantitative estimate of drug-likeness (QED) is 0.794. The molecule has 132 valence electrons. The molecule has 3 rings (SSSR count). The number of methoxy groups -OCH3 is 1. The Hall–Kier alpha value is -1.75. The van der Waals surface area contributed by atoms with Crippen molar-refractivity contribution < 1.29 is 14.6 Å². The van der Waals surface area contributed by atoms with Gasteiger partial charge in [-0.15, -0.1) is 0 Å². The monoisotopic (exact) mass is 332 g/mol. The summed E-state index contributed by atoms with van der Waals surface area (Å²) in [7, 11) is 1.69. The van der Waals surface area contributed by atoms with Gasteiger partial charge in [-0.2, -0.15) is 0 Å². The van der Waals surface area contributed by atoms with Crippen LogP contribution in [0.3, 0.4) is 0 Å². The predicted molar refractivity (Wildman–Crippen MR) is 93.5 cm³/mol. The first-order chi connectivity index (χ1) is 11.7. The van der Waals surface area contributed by atoms with E-state index < -0.39 is 0 Å². The Morgan fingerprint density at radius 3 is 2.79 bits per heavy atom. The molecule has 0 saturated heterocycles. The molecule has 0 bridgehead atoms. The van der Waals surface area contributed by atoms with Gasteiger partial charge in [0.05, 0.1) is 13.2 Å². The van der Waals surface area contributed by atoms with Crippen molar-refractivity contribution in [1.82, 2.24) is 10.6 Å². The van der Waals surface area contributed by atoms with Crippen LogP contribution in [-0.4, -0.2) is 36.9 Å². The second-order valence-corrected chi connectivity index (χ2v) is 7.01. The summed E-state index contributed by atoms with van der Waals surface area (Å²) in [4.78, 5) is 12.1. The number of carbonyl (C=O) groups is 1. The van der Waals surface area contributed by atoms with E-state index in [0.29, 0.717) is 12.5 Å². The molecule has 0 heterocycles. The first-order valence-electron chi connectivity index (χ1n) is 9.05. The van der Waals surface area contributed by atoms with Crippen LogP contribution in [0.1, 0.15) is 55.6 Å². The minimum absolute atomic E-state index is 0.0861. The van der Waals surface area contributed by atoms with Gasteiger partial charge in [0.25, 0.3) is 0 Å². The zero-order valence-corrected chi connectivity index (χ0v) is 14.4. The number of nitrogens with one attached hydrogen (secondary N) is 2. The lowest BCUT2D eigenvalue weighted by Crippen LogP contribution is -2.45. The Labute approximate surface area is 143 Å². The van der Waals surface area contributed by atoms with E-state index in [4.69, 9.17) is 4.74 Å². The van der Waals surface area contributed by atoms with E-state index in [1.54, 1.807) is 7.11 Å². The van der Waals surface area contributed by atoms with Crippen LogP contribution in [0.2, 0.25) is 0 Å². The first-order valence-corrected chi connectivity index (χ1v) is 9.05. The Bertz CT molecular complexity index is 568. The third kappa shape index (κ3) is 4.20. The largest absolute Gasteiger partial charge is 0.497 e. The first kappa shape index (κ1) is 17.1. The van der Waals surface area contributed by atoms with Crippen LogP contribution in [-0.2, 0) is 6.42 Å². The molecule has 2 amide bonds. The van der Waals surface area contributed by atoms with E-state index >= 15 is 0 Å². The van der Waals surface area contributed by atoms with Crippen LogP contribution in [0.4, 0.5) is 4.79 Å². The van der Waals surface area contributed by atoms with E-state index in [9.17, 15) is 9.90 Å². The molecule has 5 nitrogen and oxygen atoms in total. The maximum absolute atomic E-state index is 12.1. The zero-order valence-electron chi connectivity index (χ0n) is 14.4. The molecule has 1 aromatic rings. The summed E-state index contributed by atoms with van der Waals surface area (Å²) in [5, 5.41) is 15.6. The molecule has 1 atom stereocenters. The molecule has 0 aromatic heterocycles. The number of aliphatic hydroxyl groups excluding tert-OH is 1. The third-order valence-corrected chi connectivity index (χ3v) is 5.33. The number of carbonyl (C=O) groups excluding carboxylic acids is 1. The number of fused-ring (bicyclic) bond motifs is 1. The van der Waals surface area contributed by atoms with Crippen molar-refractivity contribution in [1.29, 1.82) is 0 Å². The molecule has 0 aliphatic heterocycles. The molecule has 2 aliphatic rings. The fraction of sp³-hybridized carbons (Fsp3) is 0.632. The van der Waals surface area contributed by atoms with Gasteiger partial charge in [0.1, 0.15) is 5.75 Å². The number of hydrogen-bond acceptors (Lipinski definition) is 3. The van der Waals surface area contributed by atoms with Crippen molar-refractivity contribution in [2.24, 2.45) is 0 Å². The number of aryl methyl sites for hydroxylation is 1. The molecule has 2 aliphatic carbocycles. The SMILES string of the molecule is COc1ccc2c(c1)CCCC2CNC(=O)NC1CCC(O)CC1. The molecule has 1 aromatic carbocycles. The molecule has 24 heavy (non-hydrogen) atoms. The van der Waals surface area contributed by atoms with Crippen LogP contribution in [0, 0.1) is 0 Å². The van der Waals surface area contributed by atoms with Gasteiger partial charge >= 0.3 is 6.03 Å². The van der Waals surface area contributed by atoms with Gasteiger partial charge in [0.2, 0.25) is 0 Å². The van der Waals surface area contributed by atoms with Gasteiger partial charge in [0.15, 0.2) is 0 Å². The highest BCUT2D eigenvalue weighted by Crippen LogP contribution is 2.33. The average Bonchev–Trinajstić information content (AvgIpc) is 2.61. The maximum atomic E-state index is 12.1. The summed E-state index contributed by atoms with van der Waals surface area (Å²) >= 11 is 0. The van der Waals surface area contributed by atoms with Crippen LogP contribution in [0.25, 0.3) is 0 Å². The number of benzene rings is 1. The van der Waals surface area contributed by atoms with Crippen LogP contribution >= 0.6 is 0 Å². The number of ether oxygens (including phenoxy) is 1. The summed E-state index contributed by atoms with van der Waals surface area (Å²) in [6.07, 6.45) is 6.43. The standard InChI is InChI=1S/C19H28N2O3/c1-24-17-9-10-18-13(11-17)3-2-4-14(18)12-20-19(23)21-15-5-7-16(22)8-6-15/h9-11,14-16,22H,2-8,12H2,1H3,(H2,20,21,23). The highest BCUT2D eigenvalue weighted by Gasteiger charge is 2.23. The maximum Gasteiger partial charge on any atom is 0.315 e. The average molecular weight is 332 g/mol. The predicted octanol–water partition coefficient (Wildman–Crippen LogP) is 2.72. The lowest BCUT2D eigenvalue weighted by molar-refractivity contribution is 0.117. The lowest BCUT2D eigenvalue weighted by Gasteiger charge is -2.28. The summed E-state index contributed by atoms with van der Waals surface area (Å²) in [5.74, 6) is 1.28. The molecule has 1 fully saturated rings. The highest BCUT2D eigenvalue weighted by molar-refractivity contribution is 5.74. The molecule has 3 N–H and O–H groups in total. The van der Waals surface area contributed by atoms with Crippen molar-refractivity contribution in [3.63, 3.8) is 0 Å². The van der Waals surface area contributed by atoms with Crippen molar-refractivity contribution >= 4 is 6.03 Å². The van der Waals surface area contributed by atoms with Crippen molar-refractivity contribution in [3.05, 3.63) is 29.3 Å². The smallest absolute Gasteiger partial charge is 0.315 e. The molecule has 5 heteroatoms. The second-order valence-electron chi connectivity index (χ2n) is 7.01. The highest BCUT2D eigenvalue weighted by atomic mass is 16.5. The van der Waals surface area contributed by atoms with E-state index in [-0.39, 0.29) is 18.2 Å². The van der Waals surface area contributed by atoms with Crippen molar-refractivity contribution in [2.45, 2.75) is 63.0 Å². The summed E-state index contributed by atoms with van der Waals surface area (Å²) in [6.45, 7) is 0.667. The van der Waals surface area contributed by atoms with Crippen LogP contribution in [0.15, 0.2) is 18.2 Å². The van der Waals surface area contributed by atoms with Crippen molar-refractivity contribution in [3.8, 4) is 5.75 Å². The molecular formula is C19H28N2O3. The normalized spacial score (nSPS) is 26.3.